The first-order valence-corrected chi connectivity index (χ1v) is 7.02. The molecule has 0 aliphatic heterocycles. The number of aryl methyl sites for hydroxylation is 1. The Kier molecular flexibility index (Phi) is 3.57. The van der Waals surface area contributed by atoms with E-state index in [0.717, 1.165) is 28.5 Å². The lowest BCUT2D eigenvalue weighted by molar-refractivity contribution is 0.299. The van der Waals surface area contributed by atoms with Crippen molar-refractivity contribution in [1.29, 1.82) is 0 Å². The van der Waals surface area contributed by atoms with E-state index in [1.54, 1.807) is 6.26 Å². The van der Waals surface area contributed by atoms with Crippen molar-refractivity contribution in [2.75, 3.05) is 6.61 Å². The fourth-order valence-electron chi connectivity index (χ4n) is 2.59. The molecule has 2 aromatic carbocycles. The first-order valence-electron chi connectivity index (χ1n) is 7.02. The number of aliphatic hydroxyl groups is 1. The lowest BCUT2D eigenvalue weighted by Crippen LogP contribution is -1.92. The van der Waals surface area contributed by atoms with Gasteiger partial charge in [-0.1, -0.05) is 31.2 Å². The van der Waals surface area contributed by atoms with Gasteiger partial charge in [0.05, 0.1) is 6.26 Å². The van der Waals surface area contributed by atoms with Gasteiger partial charge in [0.25, 0.3) is 0 Å². The van der Waals surface area contributed by atoms with Crippen molar-refractivity contribution in [3.8, 4) is 11.1 Å². The molecule has 1 N–H and O–H groups in total. The molecule has 2 nitrogen and oxygen atoms in total. The highest BCUT2D eigenvalue weighted by Crippen LogP contribution is 2.31. The Labute approximate surface area is 118 Å². The van der Waals surface area contributed by atoms with Gasteiger partial charge in [0.1, 0.15) is 5.58 Å². The van der Waals surface area contributed by atoms with Gasteiger partial charge in [-0.15, -0.1) is 0 Å². The maximum Gasteiger partial charge on any atom is 0.141 e. The number of fused-ring (bicyclic) bond motifs is 1. The molecule has 0 saturated heterocycles. The Bertz CT molecular complexity index is 725. The molecule has 0 radical (unpaired) electrons. The molecule has 3 rings (SSSR count). The van der Waals surface area contributed by atoms with Gasteiger partial charge < -0.3 is 9.52 Å². The van der Waals surface area contributed by atoms with Crippen LogP contribution in [-0.4, -0.2) is 11.7 Å². The molecule has 2 heteroatoms. The van der Waals surface area contributed by atoms with Crippen LogP contribution in [0.3, 0.4) is 0 Å². The van der Waals surface area contributed by atoms with E-state index in [9.17, 15) is 0 Å². The summed E-state index contributed by atoms with van der Waals surface area (Å²) in [6.07, 6.45) is 3.41. The molecule has 0 aliphatic carbocycles. The van der Waals surface area contributed by atoms with Crippen LogP contribution < -0.4 is 0 Å². The van der Waals surface area contributed by atoms with Crippen molar-refractivity contribution < 1.29 is 9.52 Å². The summed E-state index contributed by atoms with van der Waals surface area (Å²) < 4.78 is 5.65. The molecule has 102 valence electrons. The van der Waals surface area contributed by atoms with E-state index in [1.807, 2.05) is 6.07 Å². The van der Waals surface area contributed by atoms with Gasteiger partial charge in [0.2, 0.25) is 0 Å². The van der Waals surface area contributed by atoms with Crippen LogP contribution in [0.25, 0.3) is 22.1 Å². The Morgan fingerprint density at radius 2 is 1.95 bits per heavy atom. The van der Waals surface area contributed by atoms with E-state index in [-0.39, 0.29) is 6.61 Å². The highest BCUT2D eigenvalue weighted by molar-refractivity contribution is 5.93. The Hall–Kier alpha value is -2.06. The number of aliphatic hydroxyl groups excluding tert-OH is 1. The quantitative estimate of drug-likeness (QED) is 0.768. The highest BCUT2D eigenvalue weighted by Gasteiger charge is 2.09. The number of hydrogen-bond donors (Lipinski definition) is 1. The summed E-state index contributed by atoms with van der Waals surface area (Å²) in [5.41, 5.74) is 5.64. The third-order valence-electron chi connectivity index (χ3n) is 3.66. The zero-order valence-electron chi connectivity index (χ0n) is 11.6. The summed E-state index contributed by atoms with van der Waals surface area (Å²) in [5.74, 6) is 0. The largest absolute Gasteiger partial charge is 0.464 e. The van der Waals surface area contributed by atoms with E-state index in [1.165, 1.54) is 11.1 Å². The van der Waals surface area contributed by atoms with Crippen molar-refractivity contribution in [2.45, 2.75) is 19.8 Å². The van der Waals surface area contributed by atoms with Crippen molar-refractivity contribution in [3.63, 3.8) is 0 Å². The van der Waals surface area contributed by atoms with Crippen LogP contribution in [0.4, 0.5) is 0 Å². The minimum atomic E-state index is 0.164. The lowest BCUT2D eigenvalue weighted by atomic mass is 9.97. The number of furan rings is 1. The Morgan fingerprint density at radius 3 is 2.75 bits per heavy atom. The molecule has 3 aromatic rings. The average Bonchev–Trinajstić information content (AvgIpc) is 2.95. The third kappa shape index (κ3) is 2.35. The molecule has 0 amide bonds. The maximum atomic E-state index is 9.16. The molecule has 0 unspecified atom stereocenters. The second-order valence-corrected chi connectivity index (χ2v) is 5.01. The van der Waals surface area contributed by atoms with Crippen molar-refractivity contribution in [3.05, 3.63) is 59.9 Å². The minimum Gasteiger partial charge on any atom is -0.464 e. The molecule has 0 aliphatic rings. The maximum absolute atomic E-state index is 9.16. The third-order valence-corrected chi connectivity index (χ3v) is 3.66. The SMILES string of the molecule is CCc1cccc(-c2cc(CCO)cc3ccoc23)c1. The van der Waals surface area contributed by atoms with Gasteiger partial charge in [-0.05, 0) is 47.7 Å². The van der Waals surface area contributed by atoms with Crippen LogP contribution in [0.5, 0.6) is 0 Å². The topological polar surface area (TPSA) is 33.4 Å². The van der Waals surface area contributed by atoms with Gasteiger partial charge >= 0.3 is 0 Å². The second kappa shape index (κ2) is 5.51. The van der Waals surface area contributed by atoms with Crippen LogP contribution in [-0.2, 0) is 12.8 Å². The first kappa shape index (κ1) is 12.9. The lowest BCUT2D eigenvalue weighted by Gasteiger charge is -2.08. The van der Waals surface area contributed by atoms with Crippen LogP contribution in [0.2, 0.25) is 0 Å². The van der Waals surface area contributed by atoms with E-state index in [4.69, 9.17) is 9.52 Å². The first-order chi connectivity index (χ1) is 9.81. The normalized spacial score (nSPS) is 11.1. The van der Waals surface area contributed by atoms with Gasteiger partial charge in [-0.2, -0.15) is 0 Å². The van der Waals surface area contributed by atoms with Crippen molar-refractivity contribution in [1.82, 2.24) is 0 Å². The summed E-state index contributed by atoms with van der Waals surface area (Å²) in [7, 11) is 0. The molecule has 0 saturated carbocycles. The number of rotatable bonds is 4. The second-order valence-electron chi connectivity index (χ2n) is 5.01. The van der Waals surface area contributed by atoms with E-state index in [2.05, 4.69) is 43.3 Å². The number of benzene rings is 2. The molecule has 0 spiro atoms. The van der Waals surface area contributed by atoms with Crippen molar-refractivity contribution in [2.24, 2.45) is 0 Å². The Balaban J connectivity index is 2.19. The summed E-state index contributed by atoms with van der Waals surface area (Å²) in [6, 6.07) is 14.7. The van der Waals surface area contributed by atoms with Crippen LogP contribution in [0.1, 0.15) is 18.1 Å². The van der Waals surface area contributed by atoms with Gasteiger partial charge in [-0.3, -0.25) is 0 Å². The fourth-order valence-corrected chi connectivity index (χ4v) is 2.59. The summed E-state index contributed by atoms with van der Waals surface area (Å²) >= 11 is 0. The monoisotopic (exact) mass is 266 g/mol. The standard InChI is InChI=1S/C18H18O2/c1-2-13-4-3-5-15(10-13)17-12-14(6-8-19)11-16-7-9-20-18(16)17/h3-5,7,9-12,19H,2,6,8H2,1H3. The molecular formula is C18H18O2. The summed E-state index contributed by atoms with van der Waals surface area (Å²) in [5, 5.41) is 10.3. The molecule has 20 heavy (non-hydrogen) atoms. The predicted molar refractivity (Wildman–Crippen MR) is 81.8 cm³/mol. The van der Waals surface area contributed by atoms with Crippen LogP contribution in [0, 0.1) is 0 Å². The van der Waals surface area contributed by atoms with Crippen molar-refractivity contribution >= 4 is 11.0 Å². The number of hydrogen-bond acceptors (Lipinski definition) is 2. The summed E-state index contributed by atoms with van der Waals surface area (Å²) in [6.45, 7) is 2.32. The molecule has 1 aromatic heterocycles. The minimum absolute atomic E-state index is 0.164. The smallest absolute Gasteiger partial charge is 0.141 e. The molecule has 0 bridgehead atoms. The Morgan fingerprint density at radius 1 is 1.05 bits per heavy atom. The average molecular weight is 266 g/mol. The fraction of sp³-hybridized carbons (Fsp3) is 0.222. The van der Waals surface area contributed by atoms with Gasteiger partial charge in [0, 0.05) is 17.6 Å². The molecule has 0 atom stereocenters. The highest BCUT2D eigenvalue weighted by atomic mass is 16.3. The van der Waals surface area contributed by atoms with E-state index < -0.39 is 0 Å². The molecule has 0 fully saturated rings. The summed E-state index contributed by atoms with van der Waals surface area (Å²) in [4.78, 5) is 0. The van der Waals surface area contributed by atoms with E-state index in [0.29, 0.717) is 6.42 Å². The van der Waals surface area contributed by atoms with Gasteiger partial charge in [0.15, 0.2) is 0 Å². The zero-order chi connectivity index (χ0) is 13.9. The van der Waals surface area contributed by atoms with E-state index >= 15 is 0 Å². The molecule has 1 heterocycles. The van der Waals surface area contributed by atoms with Crippen LogP contribution >= 0.6 is 0 Å². The van der Waals surface area contributed by atoms with Gasteiger partial charge in [-0.25, -0.2) is 0 Å². The van der Waals surface area contributed by atoms with Crippen LogP contribution in [0.15, 0.2) is 53.1 Å². The molecular weight excluding hydrogens is 248 g/mol. The zero-order valence-corrected chi connectivity index (χ0v) is 11.6. The predicted octanol–water partition coefficient (Wildman–Crippen LogP) is 4.20.